The van der Waals surface area contributed by atoms with Crippen molar-refractivity contribution in [3.8, 4) is 0 Å². The molecule has 3 amide bonds. The number of halogens is 4. The fourth-order valence-electron chi connectivity index (χ4n) is 7.42. The molecule has 1 atom stereocenters. The van der Waals surface area contributed by atoms with Crippen molar-refractivity contribution in [3.05, 3.63) is 62.5 Å². The highest BCUT2D eigenvalue weighted by molar-refractivity contribution is 9.10. The lowest BCUT2D eigenvalue weighted by molar-refractivity contribution is -0.137. The van der Waals surface area contributed by atoms with E-state index in [2.05, 4.69) is 31.1 Å². The summed E-state index contributed by atoms with van der Waals surface area (Å²) in [5.74, 6) is -0.308. The van der Waals surface area contributed by atoms with Crippen LogP contribution in [0.3, 0.4) is 0 Å². The first-order valence-electron chi connectivity index (χ1n) is 16.4. The van der Waals surface area contributed by atoms with Gasteiger partial charge >= 0.3 is 17.9 Å². The van der Waals surface area contributed by atoms with Gasteiger partial charge in [-0.1, -0.05) is 18.6 Å². The molecular formula is C33H41BrF3N7O3. The number of nitrogens with two attached hydrogens (primary N) is 1. The first-order chi connectivity index (χ1) is 22.5. The number of aromatic amines is 1. The lowest BCUT2D eigenvalue weighted by Crippen LogP contribution is -2.56. The number of amides is 3. The van der Waals surface area contributed by atoms with Crippen LogP contribution in [0.25, 0.3) is 11.0 Å². The van der Waals surface area contributed by atoms with Crippen LogP contribution in [0.1, 0.15) is 62.1 Å². The van der Waals surface area contributed by atoms with E-state index in [1.807, 2.05) is 24.3 Å². The predicted molar refractivity (Wildman–Crippen MR) is 177 cm³/mol. The average molecular weight is 721 g/mol. The zero-order valence-corrected chi connectivity index (χ0v) is 27.8. The quantitative estimate of drug-likeness (QED) is 0.306. The summed E-state index contributed by atoms with van der Waals surface area (Å²) in [7, 11) is 0. The van der Waals surface area contributed by atoms with E-state index in [9.17, 15) is 27.6 Å². The number of rotatable bonds is 6. The van der Waals surface area contributed by atoms with Gasteiger partial charge in [0, 0.05) is 49.2 Å². The van der Waals surface area contributed by atoms with Crippen LogP contribution in [0.4, 0.5) is 23.7 Å². The second-order valence-corrected chi connectivity index (χ2v) is 13.8. The van der Waals surface area contributed by atoms with Gasteiger partial charge < -0.3 is 30.7 Å². The molecule has 10 nitrogen and oxygen atoms in total. The zero-order chi connectivity index (χ0) is 33.3. The topological polar surface area (TPSA) is 120 Å². The van der Waals surface area contributed by atoms with E-state index in [-0.39, 0.29) is 34.1 Å². The van der Waals surface area contributed by atoms with Crippen molar-refractivity contribution in [1.29, 1.82) is 0 Å². The fourth-order valence-corrected chi connectivity index (χ4v) is 7.93. The van der Waals surface area contributed by atoms with Gasteiger partial charge in [0.15, 0.2) is 0 Å². The molecule has 3 aliphatic heterocycles. The largest absolute Gasteiger partial charge is 0.418 e. The van der Waals surface area contributed by atoms with E-state index < -0.39 is 29.5 Å². The molecule has 0 radical (unpaired) electrons. The third kappa shape index (κ3) is 7.33. The number of anilines is 1. The van der Waals surface area contributed by atoms with E-state index in [4.69, 9.17) is 5.73 Å². The fraction of sp³-hybridized carbons (Fsp3) is 0.545. The molecule has 254 valence electrons. The van der Waals surface area contributed by atoms with E-state index in [1.54, 1.807) is 14.4 Å². The number of nitrogens with one attached hydrogen (secondary N) is 2. The third-order valence-corrected chi connectivity index (χ3v) is 10.6. The molecule has 0 aliphatic carbocycles. The highest BCUT2D eigenvalue weighted by Crippen LogP contribution is 2.38. The number of urea groups is 1. The number of aromatic nitrogens is 2. The van der Waals surface area contributed by atoms with E-state index in [0.717, 1.165) is 43.0 Å². The Morgan fingerprint density at radius 2 is 1.57 bits per heavy atom. The Kier molecular flexibility index (Phi) is 9.88. The van der Waals surface area contributed by atoms with Crippen LogP contribution >= 0.6 is 15.9 Å². The smallest absolute Gasteiger partial charge is 0.397 e. The number of benzene rings is 2. The SMILES string of the molecule is Nc1c(Br)cc(C[C@@H](NC(=O)N2CCC(n3c(=O)[nH]c4ccccc43)CC2)C(=O)N2CCC(N3CCCCC3)CC2)cc1C(F)(F)F. The minimum absolute atomic E-state index is 0.0804. The molecule has 47 heavy (non-hydrogen) atoms. The highest BCUT2D eigenvalue weighted by Gasteiger charge is 2.37. The maximum absolute atomic E-state index is 14.0. The van der Waals surface area contributed by atoms with Crippen LogP contribution < -0.4 is 16.7 Å². The molecule has 6 rings (SSSR count). The van der Waals surface area contributed by atoms with Crippen molar-refractivity contribution >= 4 is 44.6 Å². The summed E-state index contributed by atoms with van der Waals surface area (Å²) in [6, 6.07) is 8.68. The van der Waals surface area contributed by atoms with Crippen LogP contribution in [-0.4, -0.2) is 87.5 Å². The number of carbonyl (C=O) groups is 2. The summed E-state index contributed by atoms with van der Waals surface area (Å²) in [5.41, 5.74) is 5.92. The Morgan fingerprint density at radius 3 is 2.26 bits per heavy atom. The van der Waals surface area contributed by atoms with Crippen LogP contribution in [-0.2, 0) is 17.4 Å². The monoisotopic (exact) mass is 719 g/mol. The molecule has 0 spiro atoms. The number of nitrogen functional groups attached to an aromatic ring is 1. The van der Waals surface area contributed by atoms with Gasteiger partial charge in [0.1, 0.15) is 6.04 Å². The normalized spacial score (nSPS) is 19.7. The van der Waals surface area contributed by atoms with Gasteiger partial charge in [-0.05, 0) is 97.4 Å². The van der Waals surface area contributed by atoms with Gasteiger partial charge in [0.25, 0.3) is 0 Å². The Labute approximate surface area is 279 Å². The number of likely N-dealkylation sites (tertiary alicyclic amines) is 3. The van der Waals surface area contributed by atoms with Crippen LogP contribution in [0.2, 0.25) is 0 Å². The molecule has 4 heterocycles. The summed E-state index contributed by atoms with van der Waals surface area (Å²) < 4.78 is 43.2. The van der Waals surface area contributed by atoms with Crippen LogP contribution in [0, 0.1) is 0 Å². The number of alkyl halides is 3. The van der Waals surface area contributed by atoms with Gasteiger partial charge in [0.2, 0.25) is 5.91 Å². The molecule has 3 aromatic rings. The molecule has 0 unspecified atom stereocenters. The van der Waals surface area contributed by atoms with E-state index in [0.29, 0.717) is 45.1 Å². The van der Waals surface area contributed by atoms with Crippen LogP contribution in [0.5, 0.6) is 0 Å². The van der Waals surface area contributed by atoms with Gasteiger partial charge in [-0.3, -0.25) is 9.36 Å². The molecule has 1 aromatic heterocycles. The van der Waals surface area contributed by atoms with Crippen molar-refractivity contribution in [2.24, 2.45) is 0 Å². The summed E-state index contributed by atoms with van der Waals surface area (Å²) in [4.78, 5) is 49.1. The number of fused-ring (bicyclic) bond motifs is 1. The van der Waals surface area contributed by atoms with Gasteiger partial charge in [-0.2, -0.15) is 13.2 Å². The maximum atomic E-state index is 14.0. The molecule has 3 aliphatic rings. The zero-order valence-electron chi connectivity index (χ0n) is 26.2. The molecule has 0 bridgehead atoms. The molecule has 3 saturated heterocycles. The number of para-hydroxylation sites is 2. The van der Waals surface area contributed by atoms with Crippen molar-refractivity contribution in [2.45, 2.75) is 75.7 Å². The number of hydrogen-bond donors (Lipinski definition) is 3. The Morgan fingerprint density at radius 1 is 0.936 bits per heavy atom. The summed E-state index contributed by atoms with van der Waals surface area (Å²) in [5, 5.41) is 2.87. The minimum Gasteiger partial charge on any atom is -0.397 e. The molecule has 4 N–H and O–H groups in total. The number of H-pyrrole nitrogens is 1. The van der Waals surface area contributed by atoms with Crippen molar-refractivity contribution in [3.63, 3.8) is 0 Å². The maximum Gasteiger partial charge on any atom is 0.418 e. The Hall–Kier alpha value is -3.52. The van der Waals surface area contributed by atoms with Gasteiger partial charge in [0.05, 0.1) is 22.3 Å². The third-order valence-electron chi connectivity index (χ3n) is 9.95. The first-order valence-corrected chi connectivity index (χ1v) is 17.2. The lowest BCUT2D eigenvalue weighted by Gasteiger charge is -2.41. The first kappa shape index (κ1) is 33.4. The standard InChI is InChI=1S/C33H41BrF3N7O3/c34-25-19-21(18-24(29(25)38)33(35,36)37)20-27(30(45)42-14-8-22(9-15-42)41-12-4-1-5-13-41)40-31(46)43-16-10-23(11-17-43)44-28-7-3-2-6-26(28)39-32(44)47/h2-3,6-7,18-19,22-23,27H,1,4-5,8-17,20,38H2,(H,39,47)(H,40,46)/t27-/m1/s1. The minimum atomic E-state index is -4.68. The summed E-state index contributed by atoms with van der Waals surface area (Å²) in [6.07, 6.45) is 1.51. The van der Waals surface area contributed by atoms with E-state index >= 15 is 0 Å². The molecule has 3 fully saturated rings. The number of carbonyl (C=O) groups excluding carboxylic acids is 2. The van der Waals surface area contributed by atoms with Gasteiger partial charge in [-0.25, -0.2) is 9.59 Å². The number of nitrogens with zero attached hydrogens (tertiary/aromatic N) is 4. The Bertz CT molecular complexity index is 1650. The van der Waals surface area contributed by atoms with E-state index in [1.165, 1.54) is 25.3 Å². The summed E-state index contributed by atoms with van der Waals surface area (Å²) >= 11 is 3.15. The second-order valence-electron chi connectivity index (χ2n) is 12.9. The molecular weight excluding hydrogens is 679 g/mol. The van der Waals surface area contributed by atoms with Crippen molar-refractivity contribution in [1.82, 2.24) is 29.6 Å². The lowest BCUT2D eigenvalue weighted by atomic mass is 9.97. The number of piperidine rings is 3. The molecule has 14 heteroatoms. The average Bonchev–Trinajstić information content (AvgIpc) is 3.41. The predicted octanol–water partition coefficient (Wildman–Crippen LogP) is 5.13. The summed E-state index contributed by atoms with van der Waals surface area (Å²) in [6.45, 7) is 3.90. The second kappa shape index (κ2) is 13.9. The molecule has 2 aromatic carbocycles. The van der Waals surface area contributed by atoms with Crippen molar-refractivity contribution < 1.29 is 22.8 Å². The number of hydrogen-bond acceptors (Lipinski definition) is 5. The van der Waals surface area contributed by atoms with Crippen molar-refractivity contribution in [2.75, 3.05) is 45.0 Å². The molecule has 0 saturated carbocycles. The van der Waals surface area contributed by atoms with Gasteiger partial charge in [-0.15, -0.1) is 0 Å². The van der Waals surface area contributed by atoms with Crippen LogP contribution in [0.15, 0.2) is 45.7 Å². The number of imidazole rings is 1. The highest BCUT2D eigenvalue weighted by atomic mass is 79.9. The Balaban J connectivity index is 1.16.